The molecule has 0 unspecified atom stereocenters. The summed E-state index contributed by atoms with van der Waals surface area (Å²) < 4.78 is 5.53. The van der Waals surface area contributed by atoms with Crippen molar-refractivity contribution in [2.75, 3.05) is 27.3 Å². The molecular formula is C35H45N3O7. The number of ketones is 1. The summed E-state index contributed by atoms with van der Waals surface area (Å²) in [7, 11) is 3.12. The lowest BCUT2D eigenvalue weighted by Crippen LogP contribution is -2.44. The first-order valence-electron chi connectivity index (χ1n) is 15.3. The highest BCUT2D eigenvalue weighted by atomic mass is 16.7. The number of hydrogen-bond acceptors (Lipinski definition) is 7. The Morgan fingerprint density at radius 1 is 0.867 bits per heavy atom. The average molecular weight is 620 g/mol. The summed E-state index contributed by atoms with van der Waals surface area (Å²) >= 11 is 0. The maximum Gasteiger partial charge on any atom is 0.434 e. The van der Waals surface area contributed by atoms with Gasteiger partial charge in [0, 0.05) is 19.4 Å². The number of ether oxygens (including phenoxy) is 1. The number of likely N-dealkylation sites (N-methyl/N-ethyl adjacent to an activating group) is 2. The molecular weight excluding hydrogens is 574 g/mol. The Labute approximate surface area is 265 Å². The Balaban J connectivity index is 0.000000318. The number of aliphatic carboxylic acids is 1. The summed E-state index contributed by atoms with van der Waals surface area (Å²) in [6.07, 6.45) is 0.227. The lowest BCUT2D eigenvalue weighted by molar-refractivity contribution is -0.150. The minimum absolute atomic E-state index is 0.0209. The molecule has 0 bridgehead atoms. The number of carboxylic acid groups (broad SMARTS) is 1. The standard InChI is InChI=1S/C20H20N2O4.C11H13NO3.2C2H6/c1-21-19(23)18-10-11-26-22(18)20(24)25-12-17-15-8-4-2-6-13(15)14-7-3-5-9-16(14)17;1-12-9(10(13)11(14)15)7-8-5-3-2-4-6-8;2*1-2/h2-9,17-18H,10-12H2,1H3,(H,21,23);2-6,9,12H,7H2,1H3,(H,14,15);2*1-2H3/t18-;9-;;/m00../s1. The van der Waals surface area contributed by atoms with E-state index in [1.165, 1.54) is 18.2 Å². The molecule has 2 atom stereocenters. The Kier molecular flexibility index (Phi) is 15.5. The highest BCUT2D eigenvalue weighted by molar-refractivity contribution is 6.34. The Bertz CT molecular complexity index is 1350. The summed E-state index contributed by atoms with van der Waals surface area (Å²) in [6.45, 7) is 8.52. The van der Waals surface area contributed by atoms with Crippen molar-refractivity contribution in [3.05, 3.63) is 95.6 Å². The number of benzene rings is 3. The van der Waals surface area contributed by atoms with Crippen LogP contribution in [0.25, 0.3) is 11.1 Å². The molecule has 10 heteroatoms. The fourth-order valence-corrected chi connectivity index (χ4v) is 5.04. The van der Waals surface area contributed by atoms with Crippen LogP contribution in [0, 0.1) is 0 Å². The maximum absolute atomic E-state index is 12.5. The van der Waals surface area contributed by atoms with E-state index in [1.807, 2.05) is 82.3 Å². The number of amides is 2. The molecule has 0 saturated carbocycles. The average Bonchev–Trinajstić information content (AvgIpc) is 3.72. The third-order valence-corrected chi connectivity index (χ3v) is 7.13. The van der Waals surface area contributed by atoms with Crippen LogP contribution in [0.15, 0.2) is 78.9 Å². The molecule has 0 spiro atoms. The quantitative estimate of drug-likeness (QED) is 0.293. The van der Waals surface area contributed by atoms with Gasteiger partial charge in [0.2, 0.25) is 5.91 Å². The minimum Gasteiger partial charge on any atom is -0.475 e. The van der Waals surface area contributed by atoms with Crippen molar-refractivity contribution in [3.8, 4) is 11.1 Å². The van der Waals surface area contributed by atoms with Crippen molar-refractivity contribution in [3.63, 3.8) is 0 Å². The fraction of sp³-hybridized carbons (Fsp3) is 0.371. The van der Waals surface area contributed by atoms with Gasteiger partial charge in [0.05, 0.1) is 12.6 Å². The first kappa shape index (κ1) is 36.7. The summed E-state index contributed by atoms with van der Waals surface area (Å²) in [5.74, 6) is -2.48. The molecule has 5 rings (SSSR count). The van der Waals surface area contributed by atoms with Gasteiger partial charge in [0.1, 0.15) is 12.6 Å². The second-order valence-corrected chi connectivity index (χ2v) is 9.58. The number of Topliss-reactive ketones (excluding diaryl/α,β-unsaturated/α-hetero) is 1. The third kappa shape index (κ3) is 9.47. The van der Waals surface area contributed by atoms with E-state index in [2.05, 4.69) is 34.9 Å². The summed E-state index contributed by atoms with van der Waals surface area (Å²) in [5.41, 5.74) is 5.57. The lowest BCUT2D eigenvalue weighted by Gasteiger charge is -2.22. The van der Waals surface area contributed by atoms with Crippen LogP contribution < -0.4 is 10.6 Å². The Morgan fingerprint density at radius 2 is 1.40 bits per heavy atom. The predicted octanol–water partition coefficient (Wildman–Crippen LogP) is 5.21. The Morgan fingerprint density at radius 3 is 1.91 bits per heavy atom. The molecule has 3 aromatic rings. The van der Waals surface area contributed by atoms with E-state index >= 15 is 0 Å². The number of carboxylic acids is 1. The van der Waals surface area contributed by atoms with Gasteiger partial charge in [-0.05, 0) is 41.3 Å². The summed E-state index contributed by atoms with van der Waals surface area (Å²) in [6, 6.07) is 24.3. The van der Waals surface area contributed by atoms with Crippen LogP contribution in [-0.2, 0) is 30.4 Å². The second-order valence-electron chi connectivity index (χ2n) is 9.58. The smallest absolute Gasteiger partial charge is 0.434 e. The van der Waals surface area contributed by atoms with Crippen molar-refractivity contribution < 1.29 is 33.9 Å². The number of hydrogen-bond donors (Lipinski definition) is 3. The molecule has 1 fully saturated rings. The van der Waals surface area contributed by atoms with Gasteiger partial charge < -0.3 is 20.5 Å². The van der Waals surface area contributed by atoms with Crippen LogP contribution in [0.3, 0.4) is 0 Å². The van der Waals surface area contributed by atoms with Crippen molar-refractivity contribution in [1.82, 2.24) is 15.7 Å². The molecule has 2 amide bonds. The highest BCUT2D eigenvalue weighted by Crippen LogP contribution is 2.44. The number of nitrogens with one attached hydrogen (secondary N) is 2. The molecule has 10 nitrogen and oxygen atoms in total. The monoisotopic (exact) mass is 619 g/mol. The van der Waals surface area contributed by atoms with Gasteiger partial charge in [-0.3, -0.25) is 14.4 Å². The number of nitrogens with zero attached hydrogens (tertiary/aromatic N) is 1. The van der Waals surface area contributed by atoms with Crippen LogP contribution in [0.5, 0.6) is 0 Å². The van der Waals surface area contributed by atoms with Gasteiger partial charge in [-0.15, -0.1) is 0 Å². The number of carbonyl (C=O) groups excluding carboxylic acids is 3. The summed E-state index contributed by atoms with van der Waals surface area (Å²) in [4.78, 5) is 51.4. The fourth-order valence-electron chi connectivity index (χ4n) is 5.04. The van der Waals surface area contributed by atoms with E-state index < -0.39 is 29.9 Å². The maximum atomic E-state index is 12.5. The molecule has 242 valence electrons. The zero-order chi connectivity index (χ0) is 33.4. The molecule has 3 aromatic carbocycles. The van der Waals surface area contributed by atoms with Gasteiger partial charge in [-0.1, -0.05) is 107 Å². The van der Waals surface area contributed by atoms with E-state index in [0.717, 1.165) is 21.8 Å². The van der Waals surface area contributed by atoms with Gasteiger partial charge in [-0.2, -0.15) is 5.06 Å². The normalized spacial score (nSPS) is 14.9. The lowest BCUT2D eigenvalue weighted by atomic mass is 9.98. The zero-order valence-corrected chi connectivity index (χ0v) is 26.9. The van der Waals surface area contributed by atoms with E-state index in [0.29, 0.717) is 19.4 Å². The molecule has 2 aliphatic rings. The SMILES string of the molecule is CC.CC.CNC(=O)[C@@H]1CCON1C(=O)OCC1c2ccccc2-c2ccccc21.CN[C@@H](Cc1ccccc1)C(=O)C(=O)O. The van der Waals surface area contributed by atoms with E-state index in [-0.39, 0.29) is 18.4 Å². The molecule has 1 aliphatic heterocycles. The van der Waals surface area contributed by atoms with Crippen LogP contribution in [0.2, 0.25) is 0 Å². The largest absolute Gasteiger partial charge is 0.475 e. The minimum atomic E-state index is -1.40. The second kappa shape index (κ2) is 19.0. The van der Waals surface area contributed by atoms with Crippen molar-refractivity contribution in [1.29, 1.82) is 0 Å². The van der Waals surface area contributed by atoms with Crippen molar-refractivity contribution >= 4 is 23.8 Å². The number of hydroxylamine groups is 2. The van der Waals surface area contributed by atoms with Gasteiger partial charge in [0.25, 0.3) is 5.78 Å². The van der Waals surface area contributed by atoms with Gasteiger partial charge in [-0.25, -0.2) is 9.59 Å². The molecule has 3 N–H and O–H groups in total. The molecule has 45 heavy (non-hydrogen) atoms. The summed E-state index contributed by atoms with van der Waals surface area (Å²) in [5, 5.41) is 14.9. The first-order valence-corrected chi connectivity index (χ1v) is 15.3. The van der Waals surface area contributed by atoms with E-state index in [1.54, 1.807) is 7.05 Å². The first-order chi connectivity index (χ1) is 21.8. The molecule has 1 aliphatic carbocycles. The Hall–Kier alpha value is -4.54. The number of carbonyl (C=O) groups is 4. The van der Waals surface area contributed by atoms with Crippen molar-refractivity contribution in [2.24, 2.45) is 0 Å². The molecule has 1 heterocycles. The molecule has 1 saturated heterocycles. The van der Waals surface area contributed by atoms with Gasteiger partial charge in [0.15, 0.2) is 0 Å². The van der Waals surface area contributed by atoms with Crippen LogP contribution >= 0.6 is 0 Å². The van der Waals surface area contributed by atoms with Crippen LogP contribution in [-0.4, -0.2) is 73.3 Å². The number of fused-ring (bicyclic) bond motifs is 3. The van der Waals surface area contributed by atoms with Gasteiger partial charge >= 0.3 is 12.1 Å². The molecule has 0 radical (unpaired) electrons. The van der Waals surface area contributed by atoms with E-state index in [4.69, 9.17) is 14.7 Å². The number of rotatable bonds is 8. The van der Waals surface area contributed by atoms with E-state index in [9.17, 15) is 19.2 Å². The third-order valence-electron chi connectivity index (χ3n) is 7.13. The molecule has 0 aromatic heterocycles. The topological polar surface area (TPSA) is 134 Å². The zero-order valence-electron chi connectivity index (χ0n) is 26.9. The highest BCUT2D eigenvalue weighted by Gasteiger charge is 2.37. The van der Waals surface area contributed by atoms with Crippen LogP contribution in [0.1, 0.15) is 56.7 Å². The van der Waals surface area contributed by atoms with Crippen LogP contribution in [0.4, 0.5) is 4.79 Å². The predicted molar refractivity (Wildman–Crippen MR) is 174 cm³/mol. The van der Waals surface area contributed by atoms with Crippen molar-refractivity contribution in [2.45, 2.75) is 58.5 Å².